The number of nitrogens with zero attached hydrogens (tertiary/aromatic N) is 3. The molecule has 0 saturated heterocycles. The van der Waals surface area contributed by atoms with E-state index < -0.39 is 9.84 Å². The number of hydrogen-bond donors (Lipinski definition) is 1. The summed E-state index contributed by atoms with van der Waals surface area (Å²) in [7, 11) is -1.45. The van der Waals surface area contributed by atoms with Gasteiger partial charge in [0, 0.05) is 52.0 Å². The van der Waals surface area contributed by atoms with Gasteiger partial charge in [-0.05, 0) is 43.5 Å². The lowest BCUT2D eigenvalue weighted by Crippen LogP contribution is -2.39. The fourth-order valence-corrected chi connectivity index (χ4v) is 4.03. The lowest BCUT2D eigenvalue weighted by atomic mass is 10.2. The van der Waals surface area contributed by atoms with Gasteiger partial charge in [0.05, 0.1) is 17.2 Å². The molecule has 0 aliphatic carbocycles. The van der Waals surface area contributed by atoms with Gasteiger partial charge >= 0.3 is 6.03 Å². The predicted molar refractivity (Wildman–Crippen MR) is 115 cm³/mol. The molecule has 1 aliphatic heterocycles. The van der Waals surface area contributed by atoms with Crippen LogP contribution in [0.3, 0.4) is 0 Å². The summed E-state index contributed by atoms with van der Waals surface area (Å²) in [6.07, 6.45) is 8.13. The maximum absolute atomic E-state index is 12.2. The molecule has 0 unspecified atom stereocenters. The average Bonchev–Trinajstić information content (AvgIpc) is 3.13. The number of aromatic nitrogens is 2. The van der Waals surface area contributed by atoms with E-state index in [1.54, 1.807) is 24.1 Å². The second kappa shape index (κ2) is 9.97. The number of rotatable bonds is 9. The number of aryl methyl sites for hydroxylation is 2. The highest BCUT2D eigenvalue weighted by Crippen LogP contribution is 2.16. The van der Waals surface area contributed by atoms with Crippen LogP contribution in [0.2, 0.25) is 0 Å². The molecule has 0 fully saturated rings. The summed E-state index contributed by atoms with van der Waals surface area (Å²) in [5, 5.41) is 2.93. The summed E-state index contributed by atoms with van der Waals surface area (Å²) in [6.45, 7) is 2.60. The van der Waals surface area contributed by atoms with Crippen molar-refractivity contribution in [3.8, 4) is 5.75 Å². The fourth-order valence-electron chi connectivity index (χ4n) is 3.40. The summed E-state index contributed by atoms with van der Waals surface area (Å²) in [6, 6.07) is 6.22. The van der Waals surface area contributed by atoms with Crippen molar-refractivity contribution in [2.75, 3.05) is 33.0 Å². The van der Waals surface area contributed by atoms with Gasteiger partial charge < -0.3 is 19.5 Å². The first-order chi connectivity index (χ1) is 14.3. The van der Waals surface area contributed by atoms with E-state index in [0.29, 0.717) is 31.9 Å². The number of carbonyl (C=O) groups excluding carboxylic acids is 1. The number of nitrogens with one attached hydrogen (secondary N) is 1. The van der Waals surface area contributed by atoms with Crippen molar-refractivity contribution in [2.45, 2.75) is 43.5 Å². The number of ether oxygens (including phenoxy) is 1. The Labute approximate surface area is 178 Å². The van der Waals surface area contributed by atoms with Gasteiger partial charge in [0.1, 0.15) is 11.6 Å². The molecule has 1 aromatic carbocycles. The van der Waals surface area contributed by atoms with Crippen molar-refractivity contribution in [3.05, 3.63) is 42.0 Å². The molecule has 1 N–H and O–H groups in total. The molecule has 2 amide bonds. The van der Waals surface area contributed by atoms with Gasteiger partial charge in [-0.3, -0.25) is 0 Å². The third kappa shape index (κ3) is 6.22. The molecule has 1 aliphatic rings. The van der Waals surface area contributed by atoms with E-state index >= 15 is 0 Å². The number of benzene rings is 1. The molecule has 30 heavy (non-hydrogen) atoms. The van der Waals surface area contributed by atoms with Gasteiger partial charge in [0.2, 0.25) is 0 Å². The topological polar surface area (TPSA) is 93.5 Å². The Morgan fingerprint density at radius 1 is 1.27 bits per heavy atom. The number of carbonyl (C=O) groups is 1. The smallest absolute Gasteiger partial charge is 0.317 e. The van der Waals surface area contributed by atoms with Gasteiger partial charge in [-0.15, -0.1) is 0 Å². The van der Waals surface area contributed by atoms with Crippen LogP contribution >= 0.6 is 0 Å². The molecule has 2 aromatic rings. The zero-order valence-corrected chi connectivity index (χ0v) is 18.5. The second-order valence-electron chi connectivity index (χ2n) is 7.65. The second-order valence-corrected chi connectivity index (χ2v) is 9.66. The zero-order valence-electron chi connectivity index (χ0n) is 17.6. The summed E-state index contributed by atoms with van der Waals surface area (Å²) >= 11 is 0. The van der Waals surface area contributed by atoms with Gasteiger partial charge in [-0.25, -0.2) is 18.2 Å². The van der Waals surface area contributed by atoms with Gasteiger partial charge in [-0.2, -0.15) is 0 Å². The van der Waals surface area contributed by atoms with Crippen LogP contribution in [0.1, 0.15) is 30.8 Å². The third-order valence-electron chi connectivity index (χ3n) is 5.12. The van der Waals surface area contributed by atoms with E-state index in [1.807, 2.05) is 0 Å². The minimum atomic E-state index is -3.20. The van der Waals surface area contributed by atoms with Gasteiger partial charge in [0.15, 0.2) is 9.84 Å². The van der Waals surface area contributed by atoms with E-state index in [4.69, 9.17) is 4.74 Å². The highest BCUT2D eigenvalue weighted by Gasteiger charge is 2.13. The minimum Gasteiger partial charge on any atom is -0.494 e. The normalized spacial score (nSPS) is 13.5. The van der Waals surface area contributed by atoms with E-state index in [9.17, 15) is 13.2 Å². The number of imidazole rings is 1. The Balaban J connectivity index is 1.32. The Morgan fingerprint density at radius 2 is 2.03 bits per heavy atom. The van der Waals surface area contributed by atoms with Crippen molar-refractivity contribution < 1.29 is 17.9 Å². The Hall–Kier alpha value is -2.55. The Morgan fingerprint density at radius 3 is 2.73 bits per heavy atom. The molecular formula is C21H30N4O4S. The predicted octanol–water partition coefficient (Wildman–Crippen LogP) is 2.28. The van der Waals surface area contributed by atoms with Crippen LogP contribution < -0.4 is 10.1 Å². The van der Waals surface area contributed by atoms with E-state index in [1.165, 1.54) is 31.2 Å². The SMILES string of the molecule is CN(CCCOc1ccc(S(C)(=O)=O)cc1)C(=O)NCCc1cn2c(n1)CCCC2. The summed E-state index contributed by atoms with van der Waals surface area (Å²) in [5.74, 6) is 1.77. The molecule has 9 heteroatoms. The van der Waals surface area contributed by atoms with Crippen LogP contribution in [-0.2, 0) is 29.2 Å². The zero-order chi connectivity index (χ0) is 21.6. The molecular weight excluding hydrogens is 404 g/mol. The molecule has 0 spiro atoms. The first-order valence-electron chi connectivity index (χ1n) is 10.3. The van der Waals surface area contributed by atoms with Crippen LogP contribution in [-0.4, -0.2) is 61.9 Å². The molecule has 0 radical (unpaired) electrons. The van der Waals surface area contributed by atoms with E-state index in [0.717, 1.165) is 30.9 Å². The average molecular weight is 435 g/mol. The third-order valence-corrected chi connectivity index (χ3v) is 6.25. The quantitative estimate of drug-likeness (QED) is 0.611. The van der Waals surface area contributed by atoms with Crippen molar-refractivity contribution in [1.82, 2.24) is 19.8 Å². The van der Waals surface area contributed by atoms with Crippen LogP contribution in [0, 0.1) is 0 Å². The molecule has 0 atom stereocenters. The lowest BCUT2D eigenvalue weighted by Gasteiger charge is -2.18. The van der Waals surface area contributed by atoms with Crippen LogP contribution in [0.4, 0.5) is 4.79 Å². The first kappa shape index (κ1) is 22.1. The standard InChI is InChI=1S/C21H30N4O4S/c1-24(13-5-15-29-18-7-9-19(10-8-18)30(2,27)28)21(26)22-12-11-17-16-25-14-4-3-6-20(25)23-17/h7-10,16H,3-6,11-15H2,1-2H3,(H,22,26). The molecule has 2 heterocycles. The summed E-state index contributed by atoms with van der Waals surface area (Å²) in [4.78, 5) is 18.8. The van der Waals surface area contributed by atoms with Crippen LogP contribution in [0.5, 0.6) is 5.75 Å². The summed E-state index contributed by atoms with van der Waals surface area (Å²) in [5.41, 5.74) is 1.03. The highest BCUT2D eigenvalue weighted by molar-refractivity contribution is 7.90. The van der Waals surface area contributed by atoms with Crippen molar-refractivity contribution >= 4 is 15.9 Å². The molecule has 8 nitrogen and oxygen atoms in total. The monoisotopic (exact) mass is 434 g/mol. The van der Waals surface area contributed by atoms with E-state index in [2.05, 4.69) is 21.1 Å². The number of hydrogen-bond acceptors (Lipinski definition) is 5. The van der Waals surface area contributed by atoms with Crippen LogP contribution in [0.25, 0.3) is 0 Å². The number of amides is 2. The fraction of sp³-hybridized carbons (Fsp3) is 0.524. The minimum absolute atomic E-state index is 0.114. The highest BCUT2D eigenvalue weighted by atomic mass is 32.2. The van der Waals surface area contributed by atoms with Crippen molar-refractivity contribution in [1.29, 1.82) is 0 Å². The summed E-state index contributed by atoms with van der Waals surface area (Å²) < 4.78 is 30.8. The van der Waals surface area contributed by atoms with Crippen molar-refractivity contribution in [2.24, 2.45) is 0 Å². The maximum atomic E-state index is 12.2. The van der Waals surface area contributed by atoms with Crippen molar-refractivity contribution in [3.63, 3.8) is 0 Å². The Kier molecular flexibility index (Phi) is 7.36. The molecule has 164 valence electrons. The number of urea groups is 1. The van der Waals surface area contributed by atoms with Gasteiger partial charge in [-0.1, -0.05) is 0 Å². The lowest BCUT2D eigenvalue weighted by molar-refractivity contribution is 0.203. The molecule has 0 saturated carbocycles. The van der Waals surface area contributed by atoms with Crippen LogP contribution in [0.15, 0.2) is 35.4 Å². The largest absolute Gasteiger partial charge is 0.494 e. The number of sulfone groups is 1. The molecule has 0 bridgehead atoms. The number of fused-ring (bicyclic) bond motifs is 1. The van der Waals surface area contributed by atoms with E-state index in [-0.39, 0.29) is 10.9 Å². The molecule has 1 aromatic heterocycles. The Bertz CT molecular complexity index is 930. The molecule has 3 rings (SSSR count). The first-order valence-corrected chi connectivity index (χ1v) is 12.2. The van der Waals surface area contributed by atoms with Gasteiger partial charge in [0.25, 0.3) is 0 Å². The maximum Gasteiger partial charge on any atom is 0.317 e.